The summed E-state index contributed by atoms with van der Waals surface area (Å²) in [4.78, 5) is 14.9. The first kappa shape index (κ1) is 23.2. The molecule has 0 saturated heterocycles. The van der Waals surface area contributed by atoms with Gasteiger partial charge in [0.15, 0.2) is 0 Å². The molecule has 0 atom stereocenters. The summed E-state index contributed by atoms with van der Waals surface area (Å²) in [6.45, 7) is 3.58. The predicted octanol–water partition coefficient (Wildman–Crippen LogP) is 6.21. The zero-order valence-corrected chi connectivity index (χ0v) is 20.1. The van der Waals surface area contributed by atoms with Crippen LogP contribution in [0.15, 0.2) is 66.7 Å². The Labute approximate surface area is 204 Å². The summed E-state index contributed by atoms with van der Waals surface area (Å²) in [6, 6.07) is 22.3. The molecule has 4 rings (SSSR count). The van der Waals surface area contributed by atoms with E-state index in [2.05, 4.69) is 46.6 Å². The Morgan fingerprint density at radius 2 is 1.69 bits per heavy atom. The van der Waals surface area contributed by atoms with Crippen molar-refractivity contribution in [3.63, 3.8) is 0 Å². The van der Waals surface area contributed by atoms with E-state index in [4.69, 9.17) is 23.2 Å². The molecule has 32 heavy (non-hydrogen) atoms. The number of benzene rings is 3. The maximum Gasteiger partial charge on any atom is 0.251 e. The molecule has 0 radical (unpaired) electrons. The number of rotatable bonds is 8. The minimum Gasteiger partial charge on any atom is -0.351 e. The first-order valence-corrected chi connectivity index (χ1v) is 12.7. The topological polar surface area (TPSA) is 32.3 Å². The molecule has 6 heteroatoms. The van der Waals surface area contributed by atoms with Crippen LogP contribution in [0.1, 0.15) is 32.6 Å². The van der Waals surface area contributed by atoms with Crippen LogP contribution in [0.5, 0.6) is 0 Å². The Hall–Kier alpha value is -1.98. The molecule has 0 fully saturated rings. The van der Waals surface area contributed by atoms with Crippen LogP contribution in [0.3, 0.4) is 0 Å². The van der Waals surface area contributed by atoms with Crippen molar-refractivity contribution < 1.29 is 4.79 Å². The van der Waals surface area contributed by atoms with E-state index in [0.29, 0.717) is 22.2 Å². The average molecular weight is 485 g/mol. The highest BCUT2D eigenvalue weighted by molar-refractivity contribution is 7.98. The third-order valence-electron chi connectivity index (χ3n) is 5.62. The molecule has 1 aliphatic heterocycles. The Bertz CT molecular complexity index is 1070. The van der Waals surface area contributed by atoms with Gasteiger partial charge in [0.25, 0.3) is 5.91 Å². The van der Waals surface area contributed by atoms with Crippen LogP contribution in [0.4, 0.5) is 0 Å². The van der Waals surface area contributed by atoms with Crippen molar-refractivity contribution in [2.24, 2.45) is 0 Å². The Kier molecular flexibility index (Phi) is 8.15. The van der Waals surface area contributed by atoms with E-state index >= 15 is 0 Å². The van der Waals surface area contributed by atoms with Crippen molar-refractivity contribution in [1.82, 2.24) is 10.2 Å². The van der Waals surface area contributed by atoms with Crippen molar-refractivity contribution in [3.8, 4) is 0 Å². The second kappa shape index (κ2) is 11.2. The molecule has 3 nitrogen and oxygen atoms in total. The van der Waals surface area contributed by atoms with E-state index in [1.54, 1.807) is 11.8 Å². The van der Waals surface area contributed by atoms with Crippen LogP contribution in [-0.2, 0) is 25.3 Å². The Morgan fingerprint density at radius 1 is 0.938 bits per heavy atom. The summed E-state index contributed by atoms with van der Waals surface area (Å²) >= 11 is 13.7. The van der Waals surface area contributed by atoms with E-state index in [9.17, 15) is 4.79 Å². The lowest BCUT2D eigenvalue weighted by Gasteiger charge is -2.28. The lowest BCUT2D eigenvalue weighted by molar-refractivity contribution is 0.0956. The molecule has 166 valence electrons. The highest BCUT2D eigenvalue weighted by Crippen LogP contribution is 2.24. The number of nitrogens with one attached hydrogen (secondary N) is 1. The summed E-state index contributed by atoms with van der Waals surface area (Å²) in [5.74, 6) is 1.64. The van der Waals surface area contributed by atoms with Gasteiger partial charge >= 0.3 is 0 Å². The number of thioether (sulfide) groups is 1. The summed E-state index contributed by atoms with van der Waals surface area (Å²) in [5, 5.41) is 4.15. The molecule has 0 unspecified atom stereocenters. The number of hydrogen-bond donors (Lipinski definition) is 1. The molecule has 0 aliphatic carbocycles. The van der Waals surface area contributed by atoms with Gasteiger partial charge in [0, 0.05) is 43.2 Å². The van der Waals surface area contributed by atoms with E-state index in [1.807, 2.05) is 30.3 Å². The standard InChI is InChI=1S/C26H26Cl2N2OS/c27-24-10-7-20(15-25(24)28)18-32-14-12-29-26(31)22-8-5-19(6-9-22)16-30-13-11-21-3-1-2-4-23(21)17-30/h1-10,15H,11-14,16-18H2,(H,29,31). The molecular formula is C26H26Cl2N2OS. The lowest BCUT2D eigenvalue weighted by Crippen LogP contribution is -2.30. The van der Waals surface area contributed by atoms with Gasteiger partial charge in [0.1, 0.15) is 0 Å². The van der Waals surface area contributed by atoms with Crippen molar-refractivity contribution in [2.75, 3.05) is 18.8 Å². The molecule has 1 N–H and O–H groups in total. The molecule has 0 spiro atoms. The molecule has 1 aliphatic rings. The molecule has 3 aromatic rings. The smallest absolute Gasteiger partial charge is 0.251 e. The normalized spacial score (nSPS) is 13.6. The van der Waals surface area contributed by atoms with Crippen LogP contribution in [0.2, 0.25) is 10.0 Å². The van der Waals surface area contributed by atoms with Gasteiger partial charge in [-0.1, -0.05) is 65.7 Å². The first-order valence-electron chi connectivity index (χ1n) is 10.8. The average Bonchev–Trinajstić information content (AvgIpc) is 2.81. The number of nitrogens with zero attached hydrogens (tertiary/aromatic N) is 1. The van der Waals surface area contributed by atoms with Gasteiger partial charge in [-0.05, 0) is 52.9 Å². The second-order valence-corrected chi connectivity index (χ2v) is 9.90. The Morgan fingerprint density at radius 3 is 2.47 bits per heavy atom. The van der Waals surface area contributed by atoms with Gasteiger partial charge < -0.3 is 5.32 Å². The highest BCUT2D eigenvalue weighted by atomic mass is 35.5. The number of carbonyl (C=O) groups excluding carboxylic acids is 1. The maximum absolute atomic E-state index is 12.4. The molecule has 3 aromatic carbocycles. The Balaban J connectivity index is 1.19. The highest BCUT2D eigenvalue weighted by Gasteiger charge is 2.16. The van der Waals surface area contributed by atoms with E-state index < -0.39 is 0 Å². The van der Waals surface area contributed by atoms with E-state index in [-0.39, 0.29) is 5.91 Å². The van der Waals surface area contributed by atoms with Crippen LogP contribution in [-0.4, -0.2) is 29.6 Å². The zero-order valence-electron chi connectivity index (χ0n) is 17.8. The van der Waals surface area contributed by atoms with Crippen molar-refractivity contribution in [2.45, 2.75) is 25.3 Å². The SMILES string of the molecule is O=C(NCCSCc1ccc(Cl)c(Cl)c1)c1ccc(CN2CCc3ccccc3C2)cc1. The van der Waals surface area contributed by atoms with Crippen molar-refractivity contribution in [1.29, 1.82) is 0 Å². The minimum atomic E-state index is -0.0291. The molecule has 1 amide bonds. The fraction of sp³-hybridized carbons (Fsp3) is 0.269. The number of fused-ring (bicyclic) bond motifs is 1. The summed E-state index contributed by atoms with van der Waals surface area (Å²) in [5.41, 5.74) is 5.95. The lowest BCUT2D eigenvalue weighted by atomic mass is 9.99. The fourth-order valence-electron chi connectivity index (χ4n) is 3.87. The van der Waals surface area contributed by atoms with Gasteiger partial charge in [-0.25, -0.2) is 0 Å². The largest absolute Gasteiger partial charge is 0.351 e. The summed E-state index contributed by atoms with van der Waals surface area (Å²) in [6.07, 6.45) is 1.10. The summed E-state index contributed by atoms with van der Waals surface area (Å²) < 4.78 is 0. The molecule has 0 bridgehead atoms. The zero-order chi connectivity index (χ0) is 22.3. The second-order valence-electron chi connectivity index (χ2n) is 7.98. The van der Waals surface area contributed by atoms with Crippen molar-refractivity contribution in [3.05, 3.63) is 105 Å². The van der Waals surface area contributed by atoms with Gasteiger partial charge in [0.2, 0.25) is 0 Å². The van der Waals surface area contributed by atoms with Crippen molar-refractivity contribution >= 4 is 40.9 Å². The minimum absolute atomic E-state index is 0.0291. The molecule has 0 saturated carbocycles. The quantitative estimate of drug-likeness (QED) is 0.385. The molecule has 1 heterocycles. The third-order valence-corrected chi connectivity index (χ3v) is 7.39. The number of carbonyl (C=O) groups is 1. The van der Waals surface area contributed by atoms with E-state index in [1.165, 1.54) is 16.7 Å². The summed E-state index contributed by atoms with van der Waals surface area (Å²) in [7, 11) is 0. The number of hydrogen-bond acceptors (Lipinski definition) is 3. The first-order chi connectivity index (χ1) is 15.6. The van der Waals surface area contributed by atoms with Gasteiger partial charge in [-0.2, -0.15) is 11.8 Å². The van der Waals surface area contributed by atoms with E-state index in [0.717, 1.165) is 43.1 Å². The van der Waals surface area contributed by atoms with Gasteiger partial charge in [-0.15, -0.1) is 0 Å². The van der Waals surface area contributed by atoms with Crippen LogP contribution in [0, 0.1) is 0 Å². The van der Waals surface area contributed by atoms with Crippen LogP contribution < -0.4 is 5.32 Å². The van der Waals surface area contributed by atoms with Gasteiger partial charge in [-0.3, -0.25) is 9.69 Å². The molecular weight excluding hydrogens is 459 g/mol. The predicted molar refractivity (Wildman–Crippen MR) is 136 cm³/mol. The number of amides is 1. The van der Waals surface area contributed by atoms with Crippen LogP contribution >= 0.6 is 35.0 Å². The fourth-order valence-corrected chi connectivity index (χ4v) is 4.99. The number of halogens is 2. The molecule has 0 aromatic heterocycles. The third kappa shape index (κ3) is 6.29. The van der Waals surface area contributed by atoms with Gasteiger partial charge in [0.05, 0.1) is 10.0 Å². The van der Waals surface area contributed by atoms with Crippen LogP contribution in [0.25, 0.3) is 0 Å². The monoisotopic (exact) mass is 484 g/mol. The maximum atomic E-state index is 12.4.